The predicted molar refractivity (Wildman–Crippen MR) is 108 cm³/mol. The van der Waals surface area contributed by atoms with Gasteiger partial charge in [0.15, 0.2) is 11.6 Å². The first kappa shape index (κ1) is 18.7. The summed E-state index contributed by atoms with van der Waals surface area (Å²) in [5.74, 6) is 1.70. The number of hydrogen-bond donors (Lipinski definition) is 1. The van der Waals surface area contributed by atoms with E-state index in [0.717, 1.165) is 31.4 Å². The topological polar surface area (TPSA) is 85.7 Å². The minimum atomic E-state index is -0.240. The summed E-state index contributed by atoms with van der Waals surface area (Å²) >= 11 is 0. The number of aromatic amines is 1. The highest BCUT2D eigenvalue weighted by molar-refractivity contribution is 5.68. The molecule has 1 aromatic rings. The Kier molecular flexibility index (Phi) is 5.15. The number of fused-ring (bicyclic) bond motifs is 1. The molecule has 2 aliphatic heterocycles. The summed E-state index contributed by atoms with van der Waals surface area (Å²) in [6.45, 7) is 6.11. The van der Waals surface area contributed by atoms with Crippen LogP contribution in [0, 0.1) is 0 Å². The molecule has 0 aromatic carbocycles. The van der Waals surface area contributed by atoms with E-state index in [0.29, 0.717) is 34.6 Å². The second kappa shape index (κ2) is 7.73. The van der Waals surface area contributed by atoms with E-state index in [4.69, 9.17) is 9.72 Å². The number of H-pyrrole nitrogens is 1. The van der Waals surface area contributed by atoms with Crippen molar-refractivity contribution in [3.05, 3.63) is 34.5 Å². The van der Waals surface area contributed by atoms with Gasteiger partial charge < -0.3 is 4.74 Å². The molecule has 7 heteroatoms. The molecule has 7 nitrogen and oxygen atoms in total. The molecular formula is C21H27N5O2. The van der Waals surface area contributed by atoms with Crippen molar-refractivity contribution in [1.29, 1.82) is 0 Å². The van der Waals surface area contributed by atoms with E-state index in [2.05, 4.69) is 26.7 Å². The van der Waals surface area contributed by atoms with Crippen molar-refractivity contribution < 1.29 is 4.74 Å². The van der Waals surface area contributed by atoms with Gasteiger partial charge in [-0.2, -0.15) is 4.98 Å². The van der Waals surface area contributed by atoms with Gasteiger partial charge in [0, 0.05) is 11.9 Å². The van der Waals surface area contributed by atoms with Crippen LogP contribution >= 0.6 is 0 Å². The molecule has 1 unspecified atom stereocenters. The molecule has 0 amide bonds. The number of ether oxygens (including phenoxy) is 1. The summed E-state index contributed by atoms with van der Waals surface area (Å²) in [4.78, 5) is 26.2. The Morgan fingerprint density at radius 3 is 2.79 bits per heavy atom. The maximum Gasteiger partial charge on any atom is 0.284 e. The highest BCUT2D eigenvalue weighted by atomic mass is 16.5. The molecule has 0 radical (unpaired) electrons. The first-order valence-corrected chi connectivity index (χ1v) is 10.2. The third-order valence-corrected chi connectivity index (χ3v) is 5.61. The van der Waals surface area contributed by atoms with Crippen molar-refractivity contribution in [1.82, 2.24) is 24.7 Å². The lowest BCUT2D eigenvalue weighted by Gasteiger charge is -2.16. The fourth-order valence-electron chi connectivity index (χ4n) is 3.88. The van der Waals surface area contributed by atoms with Gasteiger partial charge in [-0.25, -0.2) is 4.98 Å². The molecule has 0 bridgehead atoms. The molecule has 3 aliphatic rings. The molecule has 1 fully saturated rings. The summed E-state index contributed by atoms with van der Waals surface area (Å²) in [6, 6.07) is 2.17. The van der Waals surface area contributed by atoms with Crippen LogP contribution in [0.15, 0.2) is 23.3 Å². The van der Waals surface area contributed by atoms with Crippen LogP contribution in [0.2, 0.25) is 0 Å². The molecule has 1 aliphatic carbocycles. The van der Waals surface area contributed by atoms with Crippen molar-refractivity contribution >= 4 is 0 Å². The molecule has 0 saturated heterocycles. The largest absolute Gasteiger partial charge is 0.488 e. The second-order valence-corrected chi connectivity index (χ2v) is 7.51. The van der Waals surface area contributed by atoms with E-state index < -0.39 is 0 Å². The van der Waals surface area contributed by atoms with Gasteiger partial charge in [0.2, 0.25) is 0 Å². The van der Waals surface area contributed by atoms with Crippen LogP contribution in [-0.2, 0) is 6.42 Å². The highest BCUT2D eigenvalue weighted by Gasteiger charge is 2.28. The van der Waals surface area contributed by atoms with Gasteiger partial charge in [0.25, 0.3) is 5.56 Å². The van der Waals surface area contributed by atoms with Gasteiger partial charge in [0.1, 0.15) is 11.3 Å². The number of rotatable bonds is 6. The van der Waals surface area contributed by atoms with E-state index in [1.165, 1.54) is 12.8 Å². The summed E-state index contributed by atoms with van der Waals surface area (Å²) in [7, 11) is 0. The highest BCUT2D eigenvalue weighted by Crippen LogP contribution is 2.35. The Labute approximate surface area is 164 Å². The van der Waals surface area contributed by atoms with Gasteiger partial charge in [-0.3, -0.25) is 19.6 Å². The summed E-state index contributed by atoms with van der Waals surface area (Å²) in [5, 5.41) is 3.43. The van der Waals surface area contributed by atoms with Gasteiger partial charge in [-0.05, 0) is 38.7 Å². The zero-order valence-electron chi connectivity index (χ0n) is 16.7. The van der Waals surface area contributed by atoms with Gasteiger partial charge in [-0.1, -0.05) is 26.7 Å². The van der Waals surface area contributed by atoms with Crippen molar-refractivity contribution in [2.45, 2.75) is 71.4 Å². The van der Waals surface area contributed by atoms with Gasteiger partial charge in [-0.15, -0.1) is 0 Å². The van der Waals surface area contributed by atoms with E-state index in [-0.39, 0.29) is 11.7 Å². The molecule has 1 saturated carbocycles. The number of nitrogens with zero attached hydrogens (tertiary/aromatic N) is 4. The Morgan fingerprint density at radius 1 is 1.29 bits per heavy atom. The SMILES string of the molecule is CCc1[nH]n(C2CCCC2)c2nc(-c3ccncc3OC(C)CC)nc(=O)c1-2. The fraction of sp³-hybridized carbons (Fsp3) is 0.524. The summed E-state index contributed by atoms with van der Waals surface area (Å²) in [6.07, 6.45) is 9.63. The average Bonchev–Trinajstić information content (AvgIpc) is 3.35. The smallest absolute Gasteiger partial charge is 0.284 e. The first-order valence-electron chi connectivity index (χ1n) is 10.2. The maximum atomic E-state index is 12.9. The predicted octanol–water partition coefficient (Wildman–Crippen LogP) is 3.99. The van der Waals surface area contributed by atoms with Gasteiger partial charge >= 0.3 is 0 Å². The quantitative estimate of drug-likeness (QED) is 0.698. The fourth-order valence-corrected chi connectivity index (χ4v) is 3.88. The number of hydrogen-bond acceptors (Lipinski definition) is 5. The van der Waals surface area contributed by atoms with Crippen LogP contribution in [0.5, 0.6) is 5.75 Å². The lowest BCUT2D eigenvalue weighted by atomic mass is 10.1. The molecule has 1 aromatic heterocycles. The summed E-state index contributed by atoms with van der Waals surface area (Å²) in [5.41, 5.74) is 1.98. The molecular weight excluding hydrogens is 354 g/mol. The molecule has 1 atom stereocenters. The zero-order valence-corrected chi connectivity index (χ0v) is 16.7. The molecule has 4 rings (SSSR count). The summed E-state index contributed by atoms with van der Waals surface area (Å²) < 4.78 is 8.09. The molecule has 3 heterocycles. The lowest BCUT2D eigenvalue weighted by molar-refractivity contribution is 0.217. The minimum absolute atomic E-state index is 0.0424. The maximum absolute atomic E-state index is 12.9. The minimum Gasteiger partial charge on any atom is -0.488 e. The average molecular weight is 381 g/mol. The Bertz CT molecular complexity index is 987. The lowest BCUT2D eigenvalue weighted by Crippen LogP contribution is -2.17. The van der Waals surface area contributed by atoms with E-state index in [1.807, 2.05) is 19.9 Å². The Hall–Kier alpha value is -2.70. The monoisotopic (exact) mass is 381 g/mol. The first-order chi connectivity index (χ1) is 13.6. The third kappa shape index (κ3) is 3.30. The van der Waals surface area contributed by atoms with Crippen molar-refractivity contribution in [3.8, 4) is 28.5 Å². The van der Waals surface area contributed by atoms with Crippen molar-refractivity contribution in [2.75, 3.05) is 0 Å². The Morgan fingerprint density at radius 2 is 2.07 bits per heavy atom. The standard InChI is InChI=1S/C21H27N5O2/c1-4-13(3)28-17-12-22-11-10-15(17)19-23-20-18(21(27)24-19)16(5-2)25-26(20)14-8-6-7-9-14/h10-14,25H,4-9H2,1-3H3. The number of aromatic nitrogens is 5. The van der Waals surface area contributed by atoms with Crippen LogP contribution < -0.4 is 10.3 Å². The normalized spacial score (nSPS) is 16.0. The van der Waals surface area contributed by atoms with Crippen LogP contribution in [0.1, 0.15) is 64.6 Å². The second-order valence-electron chi connectivity index (χ2n) is 7.51. The number of nitrogens with one attached hydrogen (secondary N) is 1. The zero-order chi connectivity index (χ0) is 19.7. The number of aryl methyl sites for hydroxylation is 1. The van der Waals surface area contributed by atoms with Crippen LogP contribution in [0.4, 0.5) is 0 Å². The van der Waals surface area contributed by atoms with Crippen LogP contribution in [0.3, 0.4) is 0 Å². The van der Waals surface area contributed by atoms with E-state index in [9.17, 15) is 4.79 Å². The van der Waals surface area contributed by atoms with Crippen LogP contribution in [-0.4, -0.2) is 30.8 Å². The Balaban J connectivity index is 1.87. The molecule has 1 N–H and O–H groups in total. The molecule has 0 spiro atoms. The molecule has 148 valence electrons. The van der Waals surface area contributed by atoms with Crippen molar-refractivity contribution in [2.24, 2.45) is 0 Å². The van der Waals surface area contributed by atoms with Crippen molar-refractivity contribution in [3.63, 3.8) is 0 Å². The van der Waals surface area contributed by atoms with E-state index >= 15 is 0 Å². The number of pyridine rings is 1. The molecule has 28 heavy (non-hydrogen) atoms. The van der Waals surface area contributed by atoms with E-state index in [1.54, 1.807) is 12.4 Å². The third-order valence-electron chi connectivity index (χ3n) is 5.61. The van der Waals surface area contributed by atoms with Crippen LogP contribution in [0.25, 0.3) is 22.8 Å². The van der Waals surface area contributed by atoms with Gasteiger partial charge in [0.05, 0.1) is 23.9 Å².